The van der Waals surface area contributed by atoms with Crippen LogP contribution >= 0.6 is 132 Å². The molecule has 0 saturated carbocycles. The summed E-state index contributed by atoms with van der Waals surface area (Å²) in [6.45, 7) is 62.0. The average Bonchev–Trinajstić information content (AvgIpc) is 1.71. The quantitative estimate of drug-likeness (QED) is 0.0326. The molecule has 2 aromatic carbocycles. The minimum atomic E-state index is -2.29. The molecule has 5 aromatic heterocycles. The first-order chi connectivity index (χ1) is 54.0. The summed E-state index contributed by atoms with van der Waals surface area (Å²) in [6.07, 6.45) is 24.1. The van der Waals surface area contributed by atoms with Crippen LogP contribution < -0.4 is 25.8 Å². The Balaban J connectivity index is 0.000000223. The Morgan fingerprint density at radius 3 is 1.19 bits per heavy atom. The molecule has 113 heavy (non-hydrogen) atoms. The van der Waals surface area contributed by atoms with Gasteiger partial charge in [0, 0.05) is 80.6 Å². The molecule has 4 saturated heterocycles. The molecule has 4 fully saturated rings. The average molecular weight is 2140 g/mol. The van der Waals surface area contributed by atoms with Gasteiger partial charge in [0.25, 0.3) is 0 Å². The van der Waals surface area contributed by atoms with Crippen LogP contribution in [0.15, 0.2) is 70.5 Å². The molecule has 634 valence electrons. The number of benzene rings is 2. The fourth-order valence-corrected chi connectivity index (χ4v) is 59.5. The summed E-state index contributed by atoms with van der Waals surface area (Å²) >= 11 is 23.9. The van der Waals surface area contributed by atoms with Gasteiger partial charge in [-0.25, -0.2) is 15.0 Å². The van der Waals surface area contributed by atoms with Crippen LogP contribution in [0, 0.1) is 6.92 Å². The van der Waals surface area contributed by atoms with E-state index in [1.165, 1.54) is 138 Å². The van der Waals surface area contributed by atoms with E-state index in [-0.39, 0.29) is 0 Å². The third kappa shape index (κ3) is 33.1. The molecule has 9 heterocycles. The second-order valence-corrected chi connectivity index (χ2v) is 71.8. The molecule has 0 amide bonds. The second kappa shape index (κ2) is 52.6. The van der Waals surface area contributed by atoms with Gasteiger partial charge in [-0.3, -0.25) is 14.2 Å². The number of anilines is 3. The van der Waals surface area contributed by atoms with E-state index in [0.717, 1.165) is 124 Å². The summed E-state index contributed by atoms with van der Waals surface area (Å²) in [5.74, 6) is -0.545. The standard InChI is InChI=1S/C21H20BrClNO3S.C10H16BrN3S.2C10H16N3S.C7H16N2.6C4H9.C3HBr2NS.2Sn/c1-11-10-14-18(28-20(22)24-14)16(12-6-8-13(23)9-7-12)15(11)17(19(25)26-5)27-21(2,3)4;1-8(2)13-3-5-14(6-4-13)10-12-7-9(11)15-10;2*1-9(2)12-4-6-13(7-5-12)10-11-3-8-14-10;1-7(2)9-5-3-8-4-6-9;6*1-3-4-2;4-2-1-6-3(5)7-2;;/h6-10,17H,5H2,1-4H3;7-8H,3-6H2,1-2H3;2*3,9H,4-7H2,1-2H3;7-8H,3-6H2,1-2H3;6*1,3-4H2,2H3;1H;;/q+1;;;;;;;;;;;;;/t17-;;;;;;;;;;;;;/m0............./s1. The number of nitrogens with one attached hydrogen (secondary N) is 1. The molecule has 16 nitrogen and oxygen atoms in total. The summed E-state index contributed by atoms with van der Waals surface area (Å²) < 4.78 is 28.6. The van der Waals surface area contributed by atoms with Gasteiger partial charge in [0.15, 0.2) is 19.8 Å². The Morgan fingerprint density at radius 2 is 0.885 bits per heavy atom. The maximum atomic E-state index is 12.7. The van der Waals surface area contributed by atoms with Crippen molar-refractivity contribution in [1.29, 1.82) is 0 Å². The molecule has 0 spiro atoms. The number of hydrogen-bond acceptors (Lipinski definition) is 20. The molecular formula is C85H139Br4ClN13O3S5Sn2+. The Hall–Kier alpha value is -0.843. The molecule has 4 aliphatic rings. The number of thiazole rings is 5. The molecule has 7 aromatic rings. The van der Waals surface area contributed by atoms with E-state index in [9.17, 15) is 4.79 Å². The van der Waals surface area contributed by atoms with Crippen molar-refractivity contribution in [2.24, 2.45) is 0 Å². The summed E-state index contributed by atoms with van der Waals surface area (Å²) in [5, 5.41) is 7.75. The predicted octanol–water partition coefficient (Wildman–Crippen LogP) is 23.3. The van der Waals surface area contributed by atoms with Crippen LogP contribution in [0.4, 0.5) is 15.4 Å². The van der Waals surface area contributed by atoms with Gasteiger partial charge in [0.05, 0.1) is 40.6 Å². The molecule has 1 atom stereocenters. The van der Waals surface area contributed by atoms with Gasteiger partial charge >= 0.3 is 361 Å². The number of aryl methyl sites for hydroxylation is 1. The van der Waals surface area contributed by atoms with Crippen LogP contribution in [0.5, 0.6) is 0 Å². The van der Waals surface area contributed by atoms with Crippen LogP contribution in [0.2, 0.25) is 31.6 Å². The molecule has 0 aliphatic carbocycles. The first-order valence-corrected chi connectivity index (χ1v) is 64.8. The maximum absolute atomic E-state index is 12.7. The van der Waals surface area contributed by atoms with E-state index < -0.39 is 54.4 Å². The van der Waals surface area contributed by atoms with Crippen molar-refractivity contribution >= 4 is 213 Å². The van der Waals surface area contributed by atoms with Gasteiger partial charge < -0.3 is 15.0 Å². The van der Waals surface area contributed by atoms with Crippen LogP contribution in [-0.4, -0.2) is 229 Å². The fourth-order valence-electron chi connectivity index (χ4n) is 15.1. The number of ether oxygens (including phenoxy) is 1. The van der Waals surface area contributed by atoms with Gasteiger partial charge in [-0.1, -0.05) is 35.1 Å². The van der Waals surface area contributed by atoms with Gasteiger partial charge in [-0.15, -0.1) is 22.7 Å². The first kappa shape index (κ1) is 101. The van der Waals surface area contributed by atoms with Crippen molar-refractivity contribution in [3.05, 3.63) is 86.7 Å². The molecular weight excluding hydrogens is 2000 g/mol. The van der Waals surface area contributed by atoms with Gasteiger partial charge in [-0.2, -0.15) is 0 Å². The predicted molar refractivity (Wildman–Crippen MR) is 515 cm³/mol. The summed E-state index contributed by atoms with van der Waals surface area (Å²) in [4.78, 5) is 53.2. The summed E-state index contributed by atoms with van der Waals surface area (Å²) in [7, 11) is 0. The second-order valence-electron chi connectivity index (χ2n) is 32.7. The van der Waals surface area contributed by atoms with E-state index in [1.54, 1.807) is 61.3 Å². The van der Waals surface area contributed by atoms with E-state index in [1.807, 2.05) is 64.2 Å². The molecule has 0 unspecified atom stereocenters. The molecule has 4 aliphatic heterocycles. The van der Waals surface area contributed by atoms with Crippen LogP contribution in [0.1, 0.15) is 212 Å². The van der Waals surface area contributed by atoms with Crippen molar-refractivity contribution in [3.63, 3.8) is 0 Å². The van der Waals surface area contributed by atoms with Crippen molar-refractivity contribution in [2.75, 3.05) is 119 Å². The number of carbonyl (C=O) groups is 1. The number of unbranched alkanes of at least 4 members (excludes halogenated alkanes) is 6. The third-order valence-corrected chi connectivity index (χ3v) is 65.7. The Labute approximate surface area is 749 Å². The summed E-state index contributed by atoms with van der Waals surface area (Å²) in [5.41, 5.74) is 3.72. The van der Waals surface area contributed by atoms with Gasteiger partial charge in [0.2, 0.25) is 6.10 Å². The number of piperazine rings is 4. The third-order valence-electron chi connectivity index (χ3n) is 22.0. The SMILES string of the molecule is Brc1cnc(Br)s1.C=[O+]C(=O)[C@@H](OC(C)(C)C)c1c(C)cc2nc(Br)sc2c1-c1ccc(Cl)cc1.CC(C)N1CCN(c2ncc(Br)s2)CC1.CC(C)N1CCNCC1.CCC[CH2][Sn]([CH2]CCC)([CH2]CCC)[c]1cnc(N2CCN(C(C)C)CC2)s1.CCC[CH2][Sn]([CH2]CCC)([CH2]CCC)[c]1cnc(N2CCN(C(C)C)CC2)s1. The van der Waals surface area contributed by atoms with E-state index in [2.05, 4.69) is 257 Å². The van der Waals surface area contributed by atoms with Crippen molar-refractivity contribution < 1.29 is 14.0 Å². The number of nitrogens with zero attached hydrogens (tertiary/aromatic N) is 12. The molecule has 0 bridgehead atoms. The Kier molecular flexibility index (Phi) is 47.0. The number of carbonyl (C=O) groups excluding carboxylic acids is 2. The zero-order chi connectivity index (χ0) is 82.8. The fraction of sp³-hybridized carbons (Fsp3) is 0.682. The minimum absolute atomic E-state index is 0.545. The van der Waals surface area contributed by atoms with Gasteiger partial charge in [-0.05, 0) is 148 Å². The molecule has 11 rings (SSSR count). The topological polar surface area (TPSA) is 137 Å². The number of fused-ring (bicyclic) bond motifs is 1. The van der Waals surface area contributed by atoms with Crippen LogP contribution in [0.25, 0.3) is 21.3 Å². The molecule has 1 N–H and O–H groups in total. The Morgan fingerprint density at radius 1 is 0.522 bits per heavy atom. The van der Waals surface area contributed by atoms with Crippen molar-refractivity contribution in [2.45, 2.75) is 264 Å². The van der Waals surface area contributed by atoms with Crippen molar-refractivity contribution in [1.82, 2.24) is 49.8 Å². The number of halogens is 5. The number of aromatic nitrogens is 5. The van der Waals surface area contributed by atoms with E-state index >= 15 is 0 Å². The first-order valence-electron chi connectivity index (χ1n) is 42.2. The van der Waals surface area contributed by atoms with Crippen molar-refractivity contribution in [3.8, 4) is 11.1 Å². The van der Waals surface area contributed by atoms with Crippen LogP contribution in [0.3, 0.4) is 0 Å². The van der Waals surface area contributed by atoms with Crippen LogP contribution in [-0.2, 0) is 14.0 Å². The van der Waals surface area contributed by atoms with Gasteiger partial charge in [0.1, 0.15) is 0 Å². The zero-order valence-electron chi connectivity index (χ0n) is 71.9. The number of rotatable bonds is 31. The van der Waals surface area contributed by atoms with E-state index in [4.69, 9.17) is 30.7 Å². The summed E-state index contributed by atoms with van der Waals surface area (Å²) in [6, 6.07) is 12.2. The monoisotopic (exact) mass is 2140 g/mol. The molecule has 0 radical (unpaired) electrons. The normalized spacial score (nSPS) is 16.0. The Bertz CT molecular complexity index is 3650. The number of hydrogen-bond donors (Lipinski definition) is 1. The molecule has 28 heteroatoms. The van der Waals surface area contributed by atoms with E-state index in [0.29, 0.717) is 23.1 Å². The zero-order valence-corrected chi connectivity index (χ0v) is 88.7.